The Bertz CT molecular complexity index is 880. The monoisotopic (exact) mass is 557 g/mol. The molecule has 13 N–H and O–H groups in total. The highest BCUT2D eigenvalue weighted by Gasteiger charge is 2.38. The van der Waals surface area contributed by atoms with Crippen LogP contribution in [0.25, 0.3) is 0 Å². The maximum Gasteiger partial charge on any atom is 0.328 e. The number of carbonyl (C=O) groups excluding carboxylic acids is 4. The molecule has 0 unspecified atom stereocenters. The summed E-state index contributed by atoms with van der Waals surface area (Å²) in [5, 5.41) is 26.5. The number of aliphatic imine (C=N–C) groups is 1. The van der Waals surface area contributed by atoms with E-state index in [-0.39, 0.29) is 24.8 Å². The molecule has 39 heavy (non-hydrogen) atoms. The molecule has 1 saturated heterocycles. The summed E-state index contributed by atoms with van der Waals surface area (Å²) >= 11 is 0. The molecule has 4 amide bonds. The van der Waals surface area contributed by atoms with Crippen LogP contribution in [0.5, 0.6) is 0 Å². The van der Waals surface area contributed by atoms with E-state index in [1.54, 1.807) is 0 Å². The molecule has 16 heteroatoms. The predicted octanol–water partition coefficient (Wildman–Crippen LogP) is -3.96. The van der Waals surface area contributed by atoms with Gasteiger partial charge in [0.05, 0.1) is 18.7 Å². The van der Waals surface area contributed by atoms with Crippen LogP contribution in [0, 0.1) is 0 Å². The highest BCUT2D eigenvalue weighted by molar-refractivity contribution is 5.94. The first kappa shape index (κ1) is 33.5. The van der Waals surface area contributed by atoms with Gasteiger partial charge in [0.1, 0.15) is 12.1 Å². The fourth-order valence-corrected chi connectivity index (χ4v) is 4.11. The molecular formula is C23H43N9O7. The zero-order chi connectivity index (χ0) is 29.5. The number of hydrogen-bond donors (Lipinski definition) is 9. The quantitative estimate of drug-likeness (QED) is 0.0472. The zero-order valence-electron chi connectivity index (χ0n) is 22.3. The van der Waals surface area contributed by atoms with Crippen molar-refractivity contribution < 1.29 is 34.2 Å². The predicted molar refractivity (Wildman–Crippen MR) is 142 cm³/mol. The zero-order valence-corrected chi connectivity index (χ0v) is 22.3. The van der Waals surface area contributed by atoms with E-state index in [0.717, 1.165) is 0 Å². The molecule has 0 bridgehead atoms. The summed E-state index contributed by atoms with van der Waals surface area (Å²) in [6, 6.07) is -4.44. The SMILES string of the molecule is C[C@@H](O)[C@H](NC(=O)[C@H](CCCCNC(=O)CN)NC(=O)[C@@H]1CCCN1C(=O)[C@@H](N)CCCN=C(N)N)C(=O)O. The molecule has 5 atom stereocenters. The average Bonchev–Trinajstić information content (AvgIpc) is 3.37. The molecule has 1 aliphatic heterocycles. The van der Waals surface area contributed by atoms with Crippen LogP contribution < -0.4 is 38.9 Å². The minimum atomic E-state index is -1.58. The van der Waals surface area contributed by atoms with Crippen molar-refractivity contribution in [3.05, 3.63) is 0 Å². The second kappa shape index (κ2) is 17.2. The highest BCUT2D eigenvalue weighted by atomic mass is 16.4. The van der Waals surface area contributed by atoms with Crippen molar-refractivity contribution in [3.63, 3.8) is 0 Å². The summed E-state index contributed by atoms with van der Waals surface area (Å²) in [6.45, 7) is 1.99. The Morgan fingerprint density at radius 1 is 1.08 bits per heavy atom. The van der Waals surface area contributed by atoms with Gasteiger partial charge in [0, 0.05) is 19.6 Å². The number of carboxylic acid groups (broad SMARTS) is 1. The largest absolute Gasteiger partial charge is 0.480 e. The number of hydrogen-bond acceptors (Lipinski definition) is 9. The number of carbonyl (C=O) groups is 5. The van der Waals surface area contributed by atoms with Crippen molar-refractivity contribution in [1.82, 2.24) is 20.9 Å². The first-order valence-electron chi connectivity index (χ1n) is 13.0. The van der Waals surface area contributed by atoms with E-state index >= 15 is 0 Å². The Labute approximate surface area is 227 Å². The van der Waals surface area contributed by atoms with Crippen LogP contribution in [-0.2, 0) is 24.0 Å². The normalized spacial score (nSPS) is 17.8. The van der Waals surface area contributed by atoms with Gasteiger partial charge in [-0.1, -0.05) is 0 Å². The molecule has 0 aliphatic carbocycles. The van der Waals surface area contributed by atoms with Crippen molar-refractivity contribution in [1.29, 1.82) is 0 Å². The van der Waals surface area contributed by atoms with Gasteiger partial charge in [-0.2, -0.15) is 0 Å². The summed E-state index contributed by atoms with van der Waals surface area (Å²) in [6.07, 6.45) is 1.29. The van der Waals surface area contributed by atoms with Gasteiger partial charge >= 0.3 is 5.97 Å². The Kier molecular flexibility index (Phi) is 14.8. The van der Waals surface area contributed by atoms with E-state index < -0.39 is 54.0 Å². The highest BCUT2D eigenvalue weighted by Crippen LogP contribution is 2.20. The van der Waals surface area contributed by atoms with Crippen molar-refractivity contribution in [2.24, 2.45) is 27.9 Å². The molecule has 1 fully saturated rings. The molecule has 1 heterocycles. The maximum absolute atomic E-state index is 13.2. The number of guanidine groups is 1. The summed E-state index contributed by atoms with van der Waals surface area (Å²) in [5.41, 5.74) is 21.9. The number of amides is 4. The Morgan fingerprint density at radius 2 is 1.77 bits per heavy atom. The number of likely N-dealkylation sites (tertiary alicyclic amines) is 1. The fraction of sp³-hybridized carbons (Fsp3) is 0.739. The van der Waals surface area contributed by atoms with Gasteiger partial charge in [-0.15, -0.1) is 0 Å². The van der Waals surface area contributed by atoms with Gasteiger partial charge in [0.15, 0.2) is 12.0 Å². The van der Waals surface area contributed by atoms with Crippen molar-refractivity contribution in [2.75, 3.05) is 26.2 Å². The van der Waals surface area contributed by atoms with E-state index in [2.05, 4.69) is 20.9 Å². The minimum absolute atomic E-state index is 0.0619. The lowest BCUT2D eigenvalue weighted by atomic mass is 10.1. The van der Waals surface area contributed by atoms with E-state index in [1.807, 2.05) is 0 Å². The molecule has 0 saturated carbocycles. The van der Waals surface area contributed by atoms with Crippen LogP contribution >= 0.6 is 0 Å². The van der Waals surface area contributed by atoms with Crippen LogP contribution in [-0.4, -0.2) is 107 Å². The topological polar surface area (TPSA) is 282 Å². The number of aliphatic hydroxyl groups is 1. The first-order valence-corrected chi connectivity index (χ1v) is 13.0. The molecule has 16 nitrogen and oxygen atoms in total. The van der Waals surface area contributed by atoms with Gasteiger partial charge in [-0.25, -0.2) is 4.79 Å². The number of aliphatic carboxylic acids is 1. The van der Waals surface area contributed by atoms with Crippen LogP contribution in [0.4, 0.5) is 0 Å². The lowest BCUT2D eigenvalue weighted by molar-refractivity contribution is -0.145. The summed E-state index contributed by atoms with van der Waals surface area (Å²) < 4.78 is 0. The Morgan fingerprint density at radius 3 is 2.36 bits per heavy atom. The van der Waals surface area contributed by atoms with Crippen molar-refractivity contribution in [3.8, 4) is 0 Å². The van der Waals surface area contributed by atoms with Crippen molar-refractivity contribution in [2.45, 2.75) is 82.1 Å². The molecule has 0 aromatic heterocycles. The van der Waals surface area contributed by atoms with Crippen molar-refractivity contribution >= 4 is 35.6 Å². The number of aliphatic hydroxyl groups excluding tert-OH is 1. The smallest absolute Gasteiger partial charge is 0.328 e. The van der Waals surface area contributed by atoms with E-state index in [9.17, 15) is 34.2 Å². The van der Waals surface area contributed by atoms with Crippen LogP contribution in [0.1, 0.15) is 51.9 Å². The Balaban J connectivity index is 2.87. The van der Waals surface area contributed by atoms with Gasteiger partial charge in [0.25, 0.3) is 0 Å². The Hall–Kier alpha value is -3.50. The molecule has 0 radical (unpaired) electrons. The van der Waals surface area contributed by atoms with E-state index in [1.165, 1.54) is 11.8 Å². The van der Waals surface area contributed by atoms with Gasteiger partial charge < -0.3 is 54.0 Å². The summed E-state index contributed by atoms with van der Waals surface area (Å²) in [5.74, 6) is -3.61. The average molecular weight is 558 g/mol. The van der Waals surface area contributed by atoms with Gasteiger partial charge in [0.2, 0.25) is 23.6 Å². The molecular weight excluding hydrogens is 514 g/mol. The third-order valence-corrected chi connectivity index (χ3v) is 6.23. The van der Waals surface area contributed by atoms with Gasteiger partial charge in [-0.3, -0.25) is 24.2 Å². The lowest BCUT2D eigenvalue weighted by Crippen LogP contribution is -2.57. The van der Waals surface area contributed by atoms with E-state index in [0.29, 0.717) is 58.2 Å². The minimum Gasteiger partial charge on any atom is -0.480 e. The number of unbranched alkanes of at least 4 members (excludes halogenated alkanes) is 1. The lowest BCUT2D eigenvalue weighted by Gasteiger charge is -2.29. The van der Waals surface area contributed by atoms with E-state index in [4.69, 9.17) is 22.9 Å². The standard InChI is InChI=1S/C23H43N9O7/c1-13(33)18(22(38)39)31-19(35)15(7-2-3-9-28-17(34)12-24)30-20(36)16-8-5-11-32(16)21(37)14(25)6-4-10-29-23(26)27/h13-16,18,33H,2-12,24-25H2,1H3,(H,28,34)(H,30,36)(H,31,35)(H,38,39)(H4,26,27,29)/t13-,14+,15+,16+,18+/m1/s1. The number of nitrogens with two attached hydrogens (primary N) is 4. The van der Waals surface area contributed by atoms with Gasteiger partial charge in [-0.05, 0) is 51.9 Å². The molecule has 0 aromatic carbocycles. The molecule has 1 rings (SSSR count). The number of carboxylic acids is 1. The molecule has 0 spiro atoms. The molecule has 1 aliphatic rings. The van der Waals surface area contributed by atoms with Crippen LogP contribution in [0.15, 0.2) is 4.99 Å². The fourth-order valence-electron chi connectivity index (χ4n) is 4.11. The second-order valence-electron chi connectivity index (χ2n) is 9.42. The first-order chi connectivity index (χ1) is 18.4. The van der Waals surface area contributed by atoms with Crippen LogP contribution in [0.3, 0.4) is 0 Å². The van der Waals surface area contributed by atoms with Crippen LogP contribution in [0.2, 0.25) is 0 Å². The third-order valence-electron chi connectivity index (χ3n) is 6.23. The maximum atomic E-state index is 13.2. The summed E-state index contributed by atoms with van der Waals surface area (Å²) in [7, 11) is 0. The summed E-state index contributed by atoms with van der Waals surface area (Å²) in [4.78, 5) is 67.0. The number of nitrogens with one attached hydrogen (secondary N) is 3. The number of rotatable bonds is 17. The second-order valence-corrected chi connectivity index (χ2v) is 9.42. The molecule has 0 aromatic rings. The molecule has 222 valence electrons. The third kappa shape index (κ3) is 11.8. The number of nitrogens with zero attached hydrogens (tertiary/aromatic N) is 2.